The van der Waals surface area contributed by atoms with Gasteiger partial charge < -0.3 is 4.74 Å². The molecule has 72 valence electrons. The number of hydrogen-bond donors (Lipinski definition) is 1. The van der Waals surface area contributed by atoms with E-state index in [4.69, 9.17) is 10.7 Å². The second-order valence-corrected chi connectivity index (χ2v) is 2.94. The Kier molecular flexibility index (Phi) is 2.30. The van der Waals surface area contributed by atoms with Crippen molar-refractivity contribution in [2.75, 3.05) is 0 Å². The summed E-state index contributed by atoms with van der Waals surface area (Å²) in [6.45, 7) is 0. The minimum Gasteiger partial charge on any atom is -0.367 e. The number of aromatic nitrogens is 1. The Morgan fingerprint density at radius 3 is 3.00 bits per heavy atom. The Bertz CT molecular complexity index is 557. The number of nitrogens with one attached hydrogen (secondary N) is 1. The van der Waals surface area contributed by atoms with Crippen molar-refractivity contribution in [1.29, 1.82) is 10.7 Å². The van der Waals surface area contributed by atoms with Crippen LogP contribution in [0, 0.1) is 16.9 Å². The molecule has 0 saturated heterocycles. The summed E-state index contributed by atoms with van der Waals surface area (Å²) in [4.78, 5) is 4.15. The number of hydrogen-bond acceptors (Lipinski definition) is 4. The van der Waals surface area contributed by atoms with Crippen molar-refractivity contribution in [3.8, 4) is 6.26 Å². The quantitative estimate of drug-likeness (QED) is 0.432. The summed E-state index contributed by atoms with van der Waals surface area (Å²) in [7, 11) is 0. The number of rotatable bonds is 1. The molecule has 1 aromatic carbocycles. The van der Waals surface area contributed by atoms with Gasteiger partial charge in [-0.2, -0.15) is 0 Å². The van der Waals surface area contributed by atoms with Crippen LogP contribution in [-0.4, -0.2) is 10.9 Å². The van der Waals surface area contributed by atoms with Gasteiger partial charge >= 0.3 is 0 Å². The van der Waals surface area contributed by atoms with E-state index < -0.39 is 0 Å². The molecule has 0 aliphatic rings. The summed E-state index contributed by atoms with van der Waals surface area (Å²) < 4.78 is 4.43. The Morgan fingerprint density at radius 2 is 2.20 bits per heavy atom. The van der Waals surface area contributed by atoms with Crippen LogP contribution in [0.1, 0.15) is 5.56 Å². The fourth-order valence-corrected chi connectivity index (χ4v) is 1.30. The second kappa shape index (κ2) is 3.76. The van der Waals surface area contributed by atoms with Crippen molar-refractivity contribution in [1.82, 2.24) is 4.98 Å². The maximum absolute atomic E-state index is 8.28. The lowest BCUT2D eigenvalue weighted by Gasteiger charge is -2.01. The Morgan fingerprint density at radius 1 is 1.40 bits per heavy atom. The second-order valence-electron chi connectivity index (χ2n) is 2.94. The highest BCUT2D eigenvalue weighted by molar-refractivity contribution is 5.95. The number of para-hydroxylation sites is 1. The molecule has 2 rings (SSSR count). The SMILES string of the molecule is N#COC(=N)c1cnc2ccccc2c1. The molecule has 0 saturated carbocycles. The van der Waals surface area contributed by atoms with E-state index >= 15 is 0 Å². The van der Waals surface area contributed by atoms with Crippen LogP contribution < -0.4 is 0 Å². The van der Waals surface area contributed by atoms with Gasteiger partial charge in [-0.3, -0.25) is 10.4 Å². The van der Waals surface area contributed by atoms with Crippen molar-refractivity contribution >= 4 is 16.8 Å². The van der Waals surface area contributed by atoms with Crippen molar-refractivity contribution in [2.45, 2.75) is 0 Å². The molecule has 0 aliphatic heterocycles. The van der Waals surface area contributed by atoms with Crippen LogP contribution in [0.4, 0.5) is 0 Å². The molecule has 1 aromatic heterocycles. The molecule has 0 amide bonds. The fraction of sp³-hybridized carbons (Fsp3) is 0. The molecule has 1 N–H and O–H groups in total. The third kappa shape index (κ3) is 1.76. The van der Waals surface area contributed by atoms with Gasteiger partial charge in [0.15, 0.2) is 0 Å². The van der Waals surface area contributed by atoms with E-state index in [9.17, 15) is 0 Å². The molecule has 4 nitrogen and oxygen atoms in total. The van der Waals surface area contributed by atoms with Crippen molar-refractivity contribution in [2.24, 2.45) is 0 Å². The van der Waals surface area contributed by atoms with Gasteiger partial charge in [-0.25, -0.2) is 0 Å². The molecule has 0 fully saturated rings. The number of nitrogens with zero attached hydrogens (tertiary/aromatic N) is 2. The predicted molar refractivity (Wildman–Crippen MR) is 55.3 cm³/mol. The first-order chi connectivity index (χ1) is 7.31. The monoisotopic (exact) mass is 197 g/mol. The molecule has 0 radical (unpaired) electrons. The minimum absolute atomic E-state index is 0.184. The summed E-state index contributed by atoms with van der Waals surface area (Å²) in [6, 6.07) is 9.33. The lowest BCUT2D eigenvalue weighted by atomic mass is 10.1. The summed E-state index contributed by atoms with van der Waals surface area (Å²) in [6.07, 6.45) is 2.98. The Hall–Kier alpha value is -2.41. The third-order valence-electron chi connectivity index (χ3n) is 2.00. The summed E-state index contributed by atoms with van der Waals surface area (Å²) >= 11 is 0. The van der Waals surface area contributed by atoms with Crippen LogP contribution in [0.2, 0.25) is 0 Å². The van der Waals surface area contributed by atoms with E-state index in [1.165, 1.54) is 12.5 Å². The predicted octanol–water partition coefficient (Wildman–Crippen LogP) is 2.06. The maximum atomic E-state index is 8.28. The molecule has 0 unspecified atom stereocenters. The highest BCUT2D eigenvalue weighted by Gasteiger charge is 2.04. The van der Waals surface area contributed by atoms with E-state index in [1.54, 1.807) is 6.07 Å². The van der Waals surface area contributed by atoms with Crippen LogP contribution >= 0.6 is 0 Å². The fourth-order valence-electron chi connectivity index (χ4n) is 1.30. The zero-order valence-electron chi connectivity index (χ0n) is 7.77. The third-order valence-corrected chi connectivity index (χ3v) is 2.00. The van der Waals surface area contributed by atoms with Gasteiger partial charge in [-0.05, 0) is 12.1 Å². The number of ether oxygens (including phenoxy) is 1. The molecule has 2 aromatic rings. The average Bonchev–Trinajstić information content (AvgIpc) is 2.29. The van der Waals surface area contributed by atoms with Crippen LogP contribution in [0.15, 0.2) is 36.5 Å². The molecule has 0 atom stereocenters. The first-order valence-corrected chi connectivity index (χ1v) is 4.31. The first-order valence-electron chi connectivity index (χ1n) is 4.31. The molecule has 0 spiro atoms. The normalized spacial score (nSPS) is 9.53. The Balaban J connectivity index is 2.48. The zero-order chi connectivity index (χ0) is 10.7. The average molecular weight is 197 g/mol. The van der Waals surface area contributed by atoms with Crippen molar-refractivity contribution in [3.05, 3.63) is 42.1 Å². The van der Waals surface area contributed by atoms with Gasteiger partial charge in [0, 0.05) is 11.6 Å². The highest BCUT2D eigenvalue weighted by Crippen LogP contribution is 2.13. The topological polar surface area (TPSA) is 69.8 Å². The summed E-state index contributed by atoms with van der Waals surface area (Å²) in [5.41, 5.74) is 1.35. The van der Waals surface area contributed by atoms with Crippen LogP contribution in [0.3, 0.4) is 0 Å². The maximum Gasteiger partial charge on any atom is 0.293 e. The van der Waals surface area contributed by atoms with Gasteiger partial charge in [0.05, 0.1) is 11.1 Å². The van der Waals surface area contributed by atoms with Gasteiger partial charge in [0.1, 0.15) is 0 Å². The van der Waals surface area contributed by atoms with E-state index in [1.807, 2.05) is 24.3 Å². The molecule has 4 heteroatoms. The number of nitriles is 1. The largest absolute Gasteiger partial charge is 0.367 e. The lowest BCUT2D eigenvalue weighted by Crippen LogP contribution is -2.01. The molecular weight excluding hydrogens is 190 g/mol. The molecule has 0 aliphatic carbocycles. The standard InChI is InChI=1S/C11H7N3O/c12-7-15-11(13)9-5-8-3-1-2-4-10(8)14-6-9/h1-6,13H. The number of benzene rings is 1. The number of fused-ring (bicyclic) bond motifs is 1. The van der Waals surface area contributed by atoms with E-state index in [0.717, 1.165) is 10.9 Å². The summed E-state index contributed by atoms with van der Waals surface area (Å²) in [5, 5.41) is 16.6. The van der Waals surface area contributed by atoms with Gasteiger partial charge in [-0.1, -0.05) is 18.2 Å². The first kappa shape index (κ1) is 9.16. The molecule has 0 bridgehead atoms. The molecule has 15 heavy (non-hydrogen) atoms. The molecular formula is C11H7N3O. The van der Waals surface area contributed by atoms with E-state index in [-0.39, 0.29) is 5.90 Å². The van der Waals surface area contributed by atoms with Crippen LogP contribution in [0.25, 0.3) is 10.9 Å². The number of pyridine rings is 1. The van der Waals surface area contributed by atoms with Crippen molar-refractivity contribution in [3.63, 3.8) is 0 Å². The Labute approximate surface area is 86.3 Å². The van der Waals surface area contributed by atoms with Crippen LogP contribution in [0.5, 0.6) is 0 Å². The summed E-state index contributed by atoms with van der Waals surface area (Å²) in [5.74, 6) is -0.184. The highest BCUT2D eigenvalue weighted by atomic mass is 16.5. The van der Waals surface area contributed by atoms with Gasteiger partial charge in [-0.15, -0.1) is 5.26 Å². The smallest absolute Gasteiger partial charge is 0.293 e. The molecule has 1 heterocycles. The zero-order valence-corrected chi connectivity index (χ0v) is 7.77. The van der Waals surface area contributed by atoms with Crippen molar-refractivity contribution < 1.29 is 4.74 Å². The lowest BCUT2D eigenvalue weighted by molar-refractivity contribution is 0.496. The minimum atomic E-state index is -0.184. The van der Waals surface area contributed by atoms with Crippen LogP contribution in [-0.2, 0) is 4.74 Å². The van der Waals surface area contributed by atoms with Gasteiger partial charge in [0.2, 0.25) is 5.90 Å². The van der Waals surface area contributed by atoms with E-state index in [0.29, 0.717) is 5.56 Å². The van der Waals surface area contributed by atoms with E-state index in [2.05, 4.69) is 9.72 Å². The van der Waals surface area contributed by atoms with Gasteiger partial charge in [0.25, 0.3) is 6.26 Å².